The van der Waals surface area contributed by atoms with Gasteiger partial charge in [0.2, 0.25) is 0 Å². The summed E-state index contributed by atoms with van der Waals surface area (Å²) < 4.78 is 5.37. The van der Waals surface area contributed by atoms with Crippen molar-refractivity contribution in [1.82, 2.24) is 5.32 Å². The van der Waals surface area contributed by atoms with Crippen molar-refractivity contribution in [1.29, 1.82) is 0 Å². The van der Waals surface area contributed by atoms with Gasteiger partial charge >= 0.3 is 0 Å². The van der Waals surface area contributed by atoms with Crippen molar-refractivity contribution in [3.8, 4) is 0 Å². The maximum absolute atomic E-state index is 12.4. The third-order valence-corrected chi connectivity index (χ3v) is 5.09. The van der Waals surface area contributed by atoms with E-state index >= 15 is 0 Å². The number of carbonyl (C=O) groups excluding carboxylic acids is 2. The highest BCUT2D eigenvalue weighted by Gasteiger charge is 2.19. The Labute approximate surface area is 146 Å². The van der Waals surface area contributed by atoms with Crippen molar-refractivity contribution in [3.63, 3.8) is 0 Å². The molecular weight excluding hydrogens is 324 g/mol. The molecule has 3 rings (SSSR count). The Morgan fingerprint density at radius 3 is 2.71 bits per heavy atom. The van der Waals surface area contributed by atoms with Crippen LogP contribution in [0.2, 0.25) is 0 Å². The fourth-order valence-electron chi connectivity index (χ4n) is 2.91. The first-order valence-corrected chi connectivity index (χ1v) is 9.36. The number of anilines is 1. The van der Waals surface area contributed by atoms with Gasteiger partial charge in [0.1, 0.15) is 0 Å². The third-order valence-electron chi connectivity index (χ3n) is 4.31. The normalized spacial score (nSPS) is 17.8. The van der Waals surface area contributed by atoms with E-state index in [9.17, 15) is 9.59 Å². The average Bonchev–Trinajstić information content (AvgIpc) is 3.10. The molecule has 0 saturated heterocycles. The Morgan fingerprint density at radius 2 is 2.00 bits per heavy atom. The molecule has 1 aromatic carbocycles. The first kappa shape index (κ1) is 16.9. The van der Waals surface area contributed by atoms with Crippen molar-refractivity contribution in [3.05, 3.63) is 40.5 Å². The van der Waals surface area contributed by atoms with Gasteiger partial charge in [0.15, 0.2) is 5.76 Å². The summed E-state index contributed by atoms with van der Waals surface area (Å²) in [6, 6.07) is 5.65. The summed E-state index contributed by atoms with van der Waals surface area (Å²) in [4.78, 5) is 24.6. The first-order chi connectivity index (χ1) is 11.6. The fraction of sp³-hybridized carbons (Fsp3) is 0.444. The maximum atomic E-state index is 12.4. The third kappa shape index (κ3) is 4.12. The lowest BCUT2D eigenvalue weighted by molar-refractivity contribution is -0.116. The monoisotopic (exact) mass is 346 g/mol. The highest BCUT2D eigenvalue weighted by atomic mass is 32.2. The van der Waals surface area contributed by atoms with Crippen LogP contribution in [0.15, 0.2) is 29.4 Å². The van der Waals surface area contributed by atoms with Gasteiger partial charge in [-0.05, 0) is 37.5 Å². The molecule has 1 heterocycles. The molecule has 1 saturated carbocycles. The van der Waals surface area contributed by atoms with Crippen molar-refractivity contribution < 1.29 is 14.3 Å². The number of aryl methyl sites for hydroxylation is 1. The number of hydrogen-bond acceptors (Lipinski definition) is 4. The van der Waals surface area contributed by atoms with Crippen molar-refractivity contribution in [2.45, 2.75) is 38.6 Å². The number of amides is 2. The Hall–Kier alpha value is -1.95. The van der Waals surface area contributed by atoms with Crippen LogP contribution in [0.1, 0.15) is 41.6 Å². The maximum Gasteiger partial charge on any atom is 0.291 e. The lowest BCUT2D eigenvalue weighted by Crippen LogP contribution is -2.32. The fourth-order valence-corrected chi connectivity index (χ4v) is 3.53. The highest BCUT2D eigenvalue weighted by molar-refractivity contribution is 8.02. The molecule has 1 aliphatic heterocycles. The molecule has 6 heteroatoms. The summed E-state index contributed by atoms with van der Waals surface area (Å²) in [6.45, 7) is 2.44. The molecule has 128 valence electrons. The Morgan fingerprint density at radius 1 is 1.21 bits per heavy atom. The predicted molar refractivity (Wildman–Crippen MR) is 96.0 cm³/mol. The van der Waals surface area contributed by atoms with E-state index in [1.807, 2.05) is 13.0 Å². The minimum Gasteiger partial charge on any atom is -0.487 e. The molecule has 0 unspecified atom stereocenters. The molecular formula is C18H22N2O3S. The molecule has 24 heavy (non-hydrogen) atoms. The molecule has 2 amide bonds. The average molecular weight is 346 g/mol. The summed E-state index contributed by atoms with van der Waals surface area (Å²) in [6.07, 6.45) is 4.44. The summed E-state index contributed by atoms with van der Waals surface area (Å²) in [5, 5.41) is 7.64. The van der Waals surface area contributed by atoms with Gasteiger partial charge in [-0.2, -0.15) is 0 Å². The van der Waals surface area contributed by atoms with E-state index in [0.29, 0.717) is 23.6 Å². The van der Waals surface area contributed by atoms with Crippen LogP contribution in [-0.4, -0.2) is 30.2 Å². The number of carbonyl (C=O) groups is 2. The van der Waals surface area contributed by atoms with Crippen LogP contribution in [0.25, 0.3) is 0 Å². The molecule has 0 bridgehead atoms. The van der Waals surface area contributed by atoms with E-state index in [1.54, 1.807) is 29.3 Å². The second kappa shape index (κ2) is 7.75. The van der Waals surface area contributed by atoms with Crippen LogP contribution in [0.4, 0.5) is 5.69 Å². The van der Waals surface area contributed by atoms with Crippen molar-refractivity contribution in [2.24, 2.45) is 0 Å². The van der Waals surface area contributed by atoms with Crippen molar-refractivity contribution in [2.75, 3.05) is 17.7 Å². The van der Waals surface area contributed by atoms with Crippen LogP contribution >= 0.6 is 11.8 Å². The molecule has 2 aliphatic rings. The zero-order chi connectivity index (χ0) is 16.9. The number of ether oxygens (including phenoxy) is 1. The molecule has 0 aromatic heterocycles. The highest BCUT2D eigenvalue weighted by Crippen LogP contribution is 2.22. The number of benzene rings is 1. The van der Waals surface area contributed by atoms with Crippen molar-refractivity contribution >= 4 is 29.3 Å². The Kier molecular flexibility index (Phi) is 5.45. The van der Waals surface area contributed by atoms with Gasteiger partial charge in [-0.3, -0.25) is 9.59 Å². The number of thioether (sulfide) groups is 1. The SMILES string of the molecule is Cc1ccc(C(=O)NC2CCCC2)cc1NC(=O)C1=CSCCO1. The van der Waals surface area contributed by atoms with E-state index in [1.165, 1.54) is 12.8 Å². The predicted octanol–water partition coefficient (Wildman–Crippen LogP) is 3.21. The second-order valence-corrected chi connectivity index (χ2v) is 7.12. The van der Waals surface area contributed by atoms with Gasteiger partial charge in [-0.15, -0.1) is 11.8 Å². The molecule has 1 aliphatic carbocycles. The van der Waals surface area contributed by atoms with Crippen LogP contribution in [-0.2, 0) is 9.53 Å². The summed E-state index contributed by atoms with van der Waals surface area (Å²) in [5.41, 5.74) is 2.11. The van der Waals surface area contributed by atoms with Gasteiger partial charge in [0, 0.05) is 28.5 Å². The van der Waals surface area contributed by atoms with E-state index in [0.717, 1.165) is 24.2 Å². The van der Waals surface area contributed by atoms with Gasteiger partial charge < -0.3 is 15.4 Å². The van der Waals surface area contributed by atoms with Crippen LogP contribution in [0.5, 0.6) is 0 Å². The van der Waals surface area contributed by atoms with E-state index < -0.39 is 0 Å². The van der Waals surface area contributed by atoms with Gasteiger partial charge in [-0.25, -0.2) is 0 Å². The van der Waals surface area contributed by atoms with Gasteiger partial charge in [0.05, 0.1) is 6.61 Å². The molecule has 1 fully saturated rings. The molecule has 1 aromatic rings. The van der Waals surface area contributed by atoms with Crippen LogP contribution < -0.4 is 10.6 Å². The zero-order valence-corrected chi connectivity index (χ0v) is 14.6. The molecule has 0 radical (unpaired) electrons. The Bertz CT molecular complexity index is 666. The minimum absolute atomic E-state index is 0.0823. The molecule has 0 spiro atoms. The molecule has 5 nitrogen and oxygen atoms in total. The smallest absolute Gasteiger partial charge is 0.291 e. The topological polar surface area (TPSA) is 67.4 Å². The Balaban J connectivity index is 1.69. The zero-order valence-electron chi connectivity index (χ0n) is 13.8. The lowest BCUT2D eigenvalue weighted by Gasteiger charge is -2.16. The molecule has 0 atom stereocenters. The minimum atomic E-state index is -0.279. The molecule has 2 N–H and O–H groups in total. The van der Waals surface area contributed by atoms with E-state index in [-0.39, 0.29) is 17.9 Å². The number of rotatable bonds is 4. The standard InChI is InChI=1S/C18H22N2O3S/c1-12-6-7-13(17(21)19-14-4-2-3-5-14)10-15(12)20-18(22)16-11-24-9-8-23-16/h6-7,10-11,14H,2-5,8-9H2,1H3,(H,19,21)(H,20,22). The largest absolute Gasteiger partial charge is 0.487 e. The lowest BCUT2D eigenvalue weighted by atomic mass is 10.1. The first-order valence-electron chi connectivity index (χ1n) is 8.31. The van der Waals surface area contributed by atoms with Gasteiger partial charge in [-0.1, -0.05) is 18.9 Å². The number of hydrogen-bond donors (Lipinski definition) is 2. The van der Waals surface area contributed by atoms with Gasteiger partial charge in [0.25, 0.3) is 11.8 Å². The van der Waals surface area contributed by atoms with Crippen LogP contribution in [0.3, 0.4) is 0 Å². The summed E-state index contributed by atoms with van der Waals surface area (Å²) in [7, 11) is 0. The summed E-state index contributed by atoms with van der Waals surface area (Å²) in [5.74, 6) is 0.818. The van der Waals surface area contributed by atoms with E-state index in [4.69, 9.17) is 4.74 Å². The quantitative estimate of drug-likeness (QED) is 0.878. The summed E-state index contributed by atoms with van der Waals surface area (Å²) >= 11 is 1.56. The number of nitrogens with one attached hydrogen (secondary N) is 2. The van der Waals surface area contributed by atoms with E-state index in [2.05, 4.69) is 10.6 Å². The van der Waals surface area contributed by atoms with Crippen LogP contribution in [0, 0.1) is 6.92 Å². The second-order valence-electron chi connectivity index (χ2n) is 6.14.